The molecule has 0 aliphatic heterocycles. The Labute approximate surface area is 171 Å². The third kappa shape index (κ3) is 4.46. The fourth-order valence-corrected chi connectivity index (χ4v) is 4.91. The summed E-state index contributed by atoms with van der Waals surface area (Å²) in [6.45, 7) is 8.85. The highest BCUT2D eigenvalue weighted by atomic mass is 32.1. The van der Waals surface area contributed by atoms with Gasteiger partial charge in [-0.2, -0.15) is 0 Å². The van der Waals surface area contributed by atoms with Crippen molar-refractivity contribution in [2.24, 2.45) is 5.92 Å². The molecule has 0 spiro atoms. The number of anilines is 1. The number of hydrogen-bond acceptors (Lipinski definition) is 4. The first-order chi connectivity index (χ1) is 13.4. The van der Waals surface area contributed by atoms with Gasteiger partial charge in [0.15, 0.2) is 0 Å². The zero-order chi connectivity index (χ0) is 20.3. The molecule has 3 rings (SSSR count). The first kappa shape index (κ1) is 20.6. The zero-order valence-corrected chi connectivity index (χ0v) is 17.9. The van der Waals surface area contributed by atoms with Gasteiger partial charge in [-0.15, -0.1) is 11.3 Å². The summed E-state index contributed by atoms with van der Waals surface area (Å²) in [6, 6.07) is 7.65. The van der Waals surface area contributed by atoms with Crippen molar-refractivity contribution in [3.63, 3.8) is 0 Å². The van der Waals surface area contributed by atoms with E-state index < -0.39 is 0 Å². The van der Waals surface area contributed by atoms with Crippen LogP contribution in [0.1, 0.15) is 83.2 Å². The van der Waals surface area contributed by atoms with Crippen LogP contribution >= 0.6 is 11.3 Å². The Hall–Kier alpha value is -2.14. The summed E-state index contributed by atoms with van der Waals surface area (Å²) in [4.78, 5) is 26.7. The van der Waals surface area contributed by atoms with E-state index in [4.69, 9.17) is 4.74 Å². The summed E-state index contributed by atoms with van der Waals surface area (Å²) in [6.07, 6.45) is 3.65. The van der Waals surface area contributed by atoms with Crippen LogP contribution < -0.4 is 5.32 Å². The van der Waals surface area contributed by atoms with E-state index in [0.717, 1.165) is 31.2 Å². The summed E-state index contributed by atoms with van der Waals surface area (Å²) in [5.41, 5.74) is 3.42. The van der Waals surface area contributed by atoms with Crippen molar-refractivity contribution in [2.75, 3.05) is 11.9 Å². The van der Waals surface area contributed by atoms with Gasteiger partial charge in [-0.3, -0.25) is 4.79 Å². The van der Waals surface area contributed by atoms with Gasteiger partial charge in [0, 0.05) is 10.4 Å². The van der Waals surface area contributed by atoms with Crippen LogP contribution in [0, 0.1) is 5.92 Å². The molecular weight excluding hydrogens is 370 g/mol. The number of fused-ring (bicyclic) bond motifs is 1. The molecule has 2 aromatic rings. The first-order valence-corrected chi connectivity index (χ1v) is 10.9. The van der Waals surface area contributed by atoms with E-state index in [1.807, 2.05) is 31.2 Å². The Bertz CT molecular complexity index is 851. The van der Waals surface area contributed by atoms with Gasteiger partial charge in [-0.1, -0.05) is 39.8 Å². The van der Waals surface area contributed by atoms with Gasteiger partial charge in [0.2, 0.25) is 0 Å². The Morgan fingerprint density at radius 3 is 2.61 bits per heavy atom. The third-order valence-electron chi connectivity index (χ3n) is 5.22. The van der Waals surface area contributed by atoms with Crippen molar-refractivity contribution in [3.05, 3.63) is 51.4 Å². The molecule has 1 unspecified atom stereocenters. The summed E-state index contributed by atoms with van der Waals surface area (Å²) in [5.74, 6) is 0.506. The quantitative estimate of drug-likeness (QED) is 0.623. The molecule has 0 radical (unpaired) electrons. The normalized spacial score (nSPS) is 16.0. The van der Waals surface area contributed by atoms with Crippen molar-refractivity contribution in [1.82, 2.24) is 0 Å². The van der Waals surface area contributed by atoms with Gasteiger partial charge in [0.05, 0.1) is 12.2 Å². The molecule has 28 heavy (non-hydrogen) atoms. The average molecular weight is 400 g/mol. The van der Waals surface area contributed by atoms with Crippen molar-refractivity contribution in [1.29, 1.82) is 0 Å². The van der Waals surface area contributed by atoms with E-state index in [1.165, 1.54) is 21.8 Å². The summed E-state index contributed by atoms with van der Waals surface area (Å²) in [7, 11) is 0. The molecule has 1 heterocycles. The lowest BCUT2D eigenvalue weighted by Crippen LogP contribution is -2.17. The molecule has 1 aliphatic rings. The molecule has 1 amide bonds. The minimum absolute atomic E-state index is 0.188. The topological polar surface area (TPSA) is 55.4 Å². The maximum atomic E-state index is 12.8. The SMILES string of the molecule is CCCOC(=O)c1c(NC(=O)c2ccc(C(C)C)cc2)sc2c1CCC(C)C2. The molecule has 1 aromatic heterocycles. The number of carbonyl (C=O) groups is 2. The van der Waals surface area contributed by atoms with Gasteiger partial charge in [-0.25, -0.2) is 4.79 Å². The highest BCUT2D eigenvalue weighted by Gasteiger charge is 2.29. The fraction of sp³-hybridized carbons (Fsp3) is 0.478. The van der Waals surface area contributed by atoms with E-state index in [9.17, 15) is 9.59 Å². The lowest BCUT2D eigenvalue weighted by molar-refractivity contribution is 0.0505. The highest BCUT2D eigenvalue weighted by molar-refractivity contribution is 7.17. The van der Waals surface area contributed by atoms with Gasteiger partial charge in [0.25, 0.3) is 5.91 Å². The maximum absolute atomic E-state index is 12.8. The van der Waals surface area contributed by atoms with Gasteiger partial charge < -0.3 is 10.1 Å². The fourth-order valence-electron chi connectivity index (χ4n) is 3.52. The third-order valence-corrected chi connectivity index (χ3v) is 6.39. The predicted molar refractivity (Wildman–Crippen MR) is 115 cm³/mol. The average Bonchev–Trinajstić information content (AvgIpc) is 3.02. The standard InChI is InChI=1S/C23H29NO3S/c1-5-12-27-23(26)20-18-11-6-15(4)13-19(18)28-22(20)24-21(25)17-9-7-16(8-10-17)14(2)3/h7-10,14-15H,5-6,11-13H2,1-4H3,(H,24,25). The van der Waals surface area contributed by atoms with Crippen LogP contribution in [0.25, 0.3) is 0 Å². The number of rotatable bonds is 6. The van der Waals surface area contributed by atoms with Crippen molar-refractivity contribution in [3.8, 4) is 0 Å². The second kappa shape index (κ2) is 8.91. The monoisotopic (exact) mass is 399 g/mol. The lowest BCUT2D eigenvalue weighted by Gasteiger charge is -2.18. The number of hydrogen-bond donors (Lipinski definition) is 1. The number of ether oxygens (including phenoxy) is 1. The minimum atomic E-state index is -0.320. The predicted octanol–water partition coefficient (Wildman–Crippen LogP) is 5.82. The molecule has 150 valence electrons. The number of thiophene rings is 1. The van der Waals surface area contributed by atoms with E-state index in [0.29, 0.717) is 34.6 Å². The number of esters is 1. The number of amides is 1. The highest BCUT2D eigenvalue weighted by Crippen LogP contribution is 2.40. The molecule has 1 aliphatic carbocycles. The Balaban J connectivity index is 1.87. The number of benzene rings is 1. The van der Waals surface area contributed by atoms with E-state index >= 15 is 0 Å². The molecule has 0 bridgehead atoms. The molecule has 1 atom stereocenters. The van der Waals surface area contributed by atoms with E-state index in [2.05, 4.69) is 26.1 Å². The molecule has 0 saturated carbocycles. The summed E-state index contributed by atoms with van der Waals surface area (Å²) < 4.78 is 5.41. The van der Waals surface area contributed by atoms with E-state index in [-0.39, 0.29) is 11.9 Å². The molecule has 4 nitrogen and oxygen atoms in total. The van der Waals surface area contributed by atoms with Crippen LogP contribution in [0.4, 0.5) is 5.00 Å². The molecule has 1 aromatic carbocycles. The lowest BCUT2D eigenvalue weighted by atomic mass is 9.88. The van der Waals surface area contributed by atoms with Crippen LogP contribution in [-0.2, 0) is 17.6 Å². The molecule has 1 N–H and O–H groups in total. The van der Waals surface area contributed by atoms with Crippen LogP contribution in [-0.4, -0.2) is 18.5 Å². The first-order valence-electron chi connectivity index (χ1n) is 10.1. The van der Waals surface area contributed by atoms with Crippen LogP contribution in [0.2, 0.25) is 0 Å². The number of nitrogens with one attached hydrogen (secondary N) is 1. The second-order valence-electron chi connectivity index (χ2n) is 7.92. The van der Waals surface area contributed by atoms with Gasteiger partial charge >= 0.3 is 5.97 Å². The van der Waals surface area contributed by atoms with Crippen LogP contribution in [0.15, 0.2) is 24.3 Å². The Morgan fingerprint density at radius 1 is 1.25 bits per heavy atom. The van der Waals surface area contributed by atoms with E-state index in [1.54, 1.807) is 0 Å². The number of carbonyl (C=O) groups excluding carboxylic acids is 2. The smallest absolute Gasteiger partial charge is 0.341 e. The maximum Gasteiger partial charge on any atom is 0.341 e. The summed E-state index contributed by atoms with van der Waals surface area (Å²) in [5, 5.41) is 3.61. The van der Waals surface area contributed by atoms with Crippen LogP contribution in [0.5, 0.6) is 0 Å². The molecule has 0 saturated heterocycles. The van der Waals surface area contributed by atoms with Crippen LogP contribution in [0.3, 0.4) is 0 Å². The second-order valence-corrected chi connectivity index (χ2v) is 9.03. The minimum Gasteiger partial charge on any atom is -0.462 e. The van der Waals surface area contributed by atoms with Crippen molar-refractivity contribution < 1.29 is 14.3 Å². The molecule has 5 heteroatoms. The largest absolute Gasteiger partial charge is 0.462 e. The zero-order valence-electron chi connectivity index (χ0n) is 17.1. The Kier molecular flexibility index (Phi) is 6.55. The van der Waals surface area contributed by atoms with Crippen molar-refractivity contribution in [2.45, 2.75) is 59.3 Å². The van der Waals surface area contributed by atoms with Gasteiger partial charge in [-0.05, 0) is 60.8 Å². The van der Waals surface area contributed by atoms with Gasteiger partial charge in [0.1, 0.15) is 5.00 Å². The Morgan fingerprint density at radius 2 is 1.96 bits per heavy atom. The molecule has 0 fully saturated rings. The van der Waals surface area contributed by atoms with Crippen molar-refractivity contribution >= 4 is 28.2 Å². The molecular formula is C23H29NO3S. The summed E-state index contributed by atoms with van der Waals surface area (Å²) >= 11 is 1.53.